The van der Waals surface area contributed by atoms with Gasteiger partial charge in [-0.15, -0.1) is 10.2 Å². The minimum atomic E-state index is -0.445. The highest BCUT2D eigenvalue weighted by atomic mass is 19.1. The minimum absolute atomic E-state index is 0.0771. The number of H-pyrrole nitrogens is 1. The van der Waals surface area contributed by atoms with Gasteiger partial charge in [-0.3, -0.25) is 9.78 Å². The monoisotopic (exact) mass is 286 g/mol. The molecule has 6 nitrogen and oxygen atoms in total. The normalized spacial score (nSPS) is 10.5. The van der Waals surface area contributed by atoms with Crippen LogP contribution in [0.2, 0.25) is 0 Å². The summed E-state index contributed by atoms with van der Waals surface area (Å²) in [6.07, 6.45) is 1.76. The van der Waals surface area contributed by atoms with Crippen molar-refractivity contribution in [3.63, 3.8) is 0 Å². The lowest BCUT2D eigenvalue weighted by atomic mass is 10.2. The van der Waals surface area contributed by atoms with Crippen LogP contribution in [0.5, 0.6) is 0 Å². The highest BCUT2D eigenvalue weighted by molar-refractivity contribution is 5.53. The number of benzene rings is 1. The second kappa shape index (κ2) is 5.58. The summed E-state index contributed by atoms with van der Waals surface area (Å²) in [5.41, 5.74) is 0.0329. The first kappa shape index (κ1) is 13.0. The highest BCUT2D eigenvalue weighted by Gasteiger charge is 2.09. The number of furan rings is 1. The Morgan fingerprint density at radius 2 is 2.05 bits per heavy atom. The van der Waals surface area contributed by atoms with E-state index in [0.29, 0.717) is 5.76 Å². The van der Waals surface area contributed by atoms with E-state index in [2.05, 4.69) is 20.5 Å². The first-order valence-electron chi connectivity index (χ1n) is 6.22. The van der Waals surface area contributed by atoms with Crippen molar-refractivity contribution in [1.82, 2.24) is 15.2 Å². The quantitative estimate of drug-likeness (QED) is 0.768. The van der Waals surface area contributed by atoms with Crippen LogP contribution >= 0.6 is 0 Å². The molecule has 0 fully saturated rings. The highest BCUT2D eigenvalue weighted by Crippen LogP contribution is 2.15. The molecule has 3 aromatic rings. The second-order valence-electron chi connectivity index (χ2n) is 4.31. The molecule has 1 aromatic carbocycles. The fourth-order valence-electron chi connectivity index (χ4n) is 1.80. The van der Waals surface area contributed by atoms with Gasteiger partial charge in [-0.1, -0.05) is 12.1 Å². The summed E-state index contributed by atoms with van der Waals surface area (Å²) in [5, 5.41) is 10.3. The van der Waals surface area contributed by atoms with E-state index in [1.807, 2.05) is 0 Å². The van der Waals surface area contributed by atoms with Crippen molar-refractivity contribution in [2.75, 3.05) is 5.32 Å². The van der Waals surface area contributed by atoms with Gasteiger partial charge in [0.05, 0.1) is 18.4 Å². The summed E-state index contributed by atoms with van der Waals surface area (Å²) in [5.74, 6) is 0.248. The SMILES string of the molecule is O=c1[nH]c(Nc2ccccc2F)nnc1Cc1ccco1. The van der Waals surface area contributed by atoms with E-state index in [-0.39, 0.29) is 23.8 Å². The lowest BCUT2D eigenvalue weighted by Crippen LogP contribution is -2.18. The maximum atomic E-state index is 13.5. The van der Waals surface area contributed by atoms with Gasteiger partial charge in [0.2, 0.25) is 5.95 Å². The molecule has 0 aliphatic rings. The lowest BCUT2D eigenvalue weighted by Gasteiger charge is -2.05. The zero-order chi connectivity index (χ0) is 14.7. The number of anilines is 2. The van der Waals surface area contributed by atoms with E-state index in [4.69, 9.17) is 4.42 Å². The molecule has 0 radical (unpaired) electrons. The third kappa shape index (κ3) is 2.97. The van der Waals surface area contributed by atoms with Gasteiger partial charge in [0.25, 0.3) is 5.56 Å². The molecule has 7 heteroatoms. The molecule has 0 atom stereocenters. The van der Waals surface area contributed by atoms with Gasteiger partial charge in [0.1, 0.15) is 17.3 Å². The molecular weight excluding hydrogens is 275 g/mol. The van der Waals surface area contributed by atoms with Gasteiger partial charge in [-0.05, 0) is 24.3 Å². The Labute approximate surface area is 118 Å². The summed E-state index contributed by atoms with van der Waals surface area (Å²) in [6.45, 7) is 0. The molecule has 2 heterocycles. The molecule has 2 aromatic heterocycles. The molecule has 21 heavy (non-hydrogen) atoms. The van der Waals surface area contributed by atoms with E-state index >= 15 is 0 Å². The van der Waals surface area contributed by atoms with Crippen molar-refractivity contribution in [1.29, 1.82) is 0 Å². The van der Waals surface area contributed by atoms with Crippen molar-refractivity contribution >= 4 is 11.6 Å². The van der Waals surface area contributed by atoms with Gasteiger partial charge in [0, 0.05) is 0 Å². The van der Waals surface area contributed by atoms with Gasteiger partial charge in [-0.25, -0.2) is 4.39 Å². The molecule has 0 bridgehead atoms. The first-order chi connectivity index (χ1) is 10.2. The van der Waals surface area contributed by atoms with Crippen molar-refractivity contribution in [3.8, 4) is 0 Å². The third-order valence-corrected chi connectivity index (χ3v) is 2.81. The number of nitrogens with zero attached hydrogens (tertiary/aromatic N) is 2. The maximum Gasteiger partial charge on any atom is 0.274 e. The average Bonchev–Trinajstić information content (AvgIpc) is 2.97. The molecule has 106 valence electrons. The fourth-order valence-corrected chi connectivity index (χ4v) is 1.80. The van der Waals surface area contributed by atoms with E-state index in [9.17, 15) is 9.18 Å². The zero-order valence-electron chi connectivity index (χ0n) is 10.8. The van der Waals surface area contributed by atoms with Crippen molar-refractivity contribution in [2.45, 2.75) is 6.42 Å². The summed E-state index contributed by atoms with van der Waals surface area (Å²) >= 11 is 0. The Balaban J connectivity index is 1.81. The topological polar surface area (TPSA) is 83.8 Å². The van der Waals surface area contributed by atoms with Gasteiger partial charge in [-0.2, -0.15) is 0 Å². The molecule has 0 saturated carbocycles. The maximum absolute atomic E-state index is 13.5. The molecular formula is C14H11FN4O2. The Bertz CT molecular complexity index is 799. The van der Waals surface area contributed by atoms with Crippen LogP contribution in [-0.4, -0.2) is 15.2 Å². The van der Waals surface area contributed by atoms with E-state index < -0.39 is 11.4 Å². The summed E-state index contributed by atoms with van der Waals surface area (Å²) in [7, 11) is 0. The predicted octanol–water partition coefficient (Wildman–Crippen LogP) is 2.23. The van der Waals surface area contributed by atoms with Crippen molar-refractivity contribution < 1.29 is 8.81 Å². The molecule has 3 rings (SSSR count). The Kier molecular flexibility index (Phi) is 3.46. The number of hydrogen-bond donors (Lipinski definition) is 2. The molecule has 0 aliphatic carbocycles. The van der Waals surface area contributed by atoms with Crippen LogP contribution in [-0.2, 0) is 6.42 Å². The standard InChI is InChI=1S/C14H11FN4O2/c15-10-5-1-2-6-11(10)16-14-17-13(20)12(18-19-14)8-9-4-3-7-21-9/h1-7H,8H2,(H2,16,17,19,20). The first-order valence-corrected chi connectivity index (χ1v) is 6.22. The largest absolute Gasteiger partial charge is 0.469 e. The number of aromatic nitrogens is 3. The number of halogens is 1. The van der Waals surface area contributed by atoms with Crippen LogP contribution in [0.25, 0.3) is 0 Å². The second-order valence-corrected chi connectivity index (χ2v) is 4.31. The molecule has 2 N–H and O–H groups in total. The summed E-state index contributed by atoms with van der Waals surface area (Å²) < 4.78 is 18.6. The number of nitrogens with one attached hydrogen (secondary N) is 2. The number of aromatic amines is 1. The summed E-state index contributed by atoms with van der Waals surface area (Å²) in [4.78, 5) is 14.4. The molecule has 0 aliphatic heterocycles. The van der Waals surface area contributed by atoms with Gasteiger partial charge >= 0.3 is 0 Å². The Hall–Kier alpha value is -2.96. The molecule has 0 saturated heterocycles. The zero-order valence-corrected chi connectivity index (χ0v) is 10.8. The number of hydrogen-bond acceptors (Lipinski definition) is 5. The Morgan fingerprint density at radius 1 is 1.19 bits per heavy atom. The summed E-state index contributed by atoms with van der Waals surface area (Å²) in [6, 6.07) is 9.55. The fraction of sp³-hybridized carbons (Fsp3) is 0.0714. The smallest absolute Gasteiger partial charge is 0.274 e. The lowest BCUT2D eigenvalue weighted by molar-refractivity contribution is 0.517. The van der Waals surface area contributed by atoms with E-state index in [0.717, 1.165) is 0 Å². The number of para-hydroxylation sites is 1. The number of rotatable bonds is 4. The van der Waals surface area contributed by atoms with Crippen LogP contribution < -0.4 is 10.9 Å². The third-order valence-electron chi connectivity index (χ3n) is 2.81. The predicted molar refractivity (Wildman–Crippen MR) is 73.8 cm³/mol. The van der Waals surface area contributed by atoms with Gasteiger partial charge < -0.3 is 9.73 Å². The molecule has 0 amide bonds. The minimum Gasteiger partial charge on any atom is -0.469 e. The van der Waals surface area contributed by atoms with Crippen LogP contribution in [0.3, 0.4) is 0 Å². The van der Waals surface area contributed by atoms with Crippen LogP contribution in [0, 0.1) is 5.82 Å². The van der Waals surface area contributed by atoms with Crippen LogP contribution in [0.1, 0.15) is 11.5 Å². The van der Waals surface area contributed by atoms with Crippen LogP contribution in [0.15, 0.2) is 51.9 Å². The molecule has 0 unspecified atom stereocenters. The Morgan fingerprint density at radius 3 is 2.76 bits per heavy atom. The van der Waals surface area contributed by atoms with E-state index in [1.54, 1.807) is 24.3 Å². The van der Waals surface area contributed by atoms with E-state index in [1.165, 1.54) is 18.4 Å². The van der Waals surface area contributed by atoms with Crippen molar-refractivity contribution in [3.05, 3.63) is 70.3 Å². The van der Waals surface area contributed by atoms with Crippen molar-refractivity contribution in [2.24, 2.45) is 0 Å². The average molecular weight is 286 g/mol. The van der Waals surface area contributed by atoms with Crippen LogP contribution in [0.4, 0.5) is 16.0 Å². The van der Waals surface area contributed by atoms with Gasteiger partial charge in [0.15, 0.2) is 0 Å². The molecule has 0 spiro atoms.